The van der Waals surface area contributed by atoms with Gasteiger partial charge >= 0.3 is 0 Å². The first-order valence-electron chi connectivity index (χ1n) is 3.39. The Morgan fingerprint density at radius 1 is 1.40 bits per heavy atom. The summed E-state index contributed by atoms with van der Waals surface area (Å²) in [4.78, 5) is 13.2. The summed E-state index contributed by atoms with van der Waals surface area (Å²) < 4.78 is 0. The molecule has 1 heterocycles. The number of hydrogen-bond donors (Lipinski definition) is 1. The second-order valence-corrected chi connectivity index (χ2v) is 2.64. The first-order chi connectivity index (χ1) is 4.70. The summed E-state index contributed by atoms with van der Waals surface area (Å²) in [5, 5.41) is 0. The van der Waals surface area contributed by atoms with Gasteiger partial charge in [0.25, 0.3) is 0 Å². The van der Waals surface area contributed by atoms with Gasteiger partial charge in [-0.15, -0.1) is 0 Å². The number of H-pyrrole nitrogens is 1. The van der Waals surface area contributed by atoms with E-state index in [0.717, 1.165) is 0 Å². The van der Waals surface area contributed by atoms with Crippen molar-refractivity contribution in [1.82, 2.24) is 4.98 Å². The van der Waals surface area contributed by atoms with Gasteiger partial charge in [-0.25, -0.2) is 0 Å². The van der Waals surface area contributed by atoms with E-state index in [1.807, 2.05) is 6.07 Å². The van der Waals surface area contributed by atoms with E-state index in [2.05, 4.69) is 18.8 Å². The van der Waals surface area contributed by atoms with E-state index in [-0.39, 0.29) is 5.56 Å². The third kappa shape index (κ3) is 1.47. The maximum atomic E-state index is 10.6. The molecule has 0 radical (unpaired) electrons. The number of rotatable bonds is 1. The van der Waals surface area contributed by atoms with Crippen molar-refractivity contribution in [2.45, 2.75) is 19.8 Å². The van der Waals surface area contributed by atoms with E-state index >= 15 is 0 Å². The number of hydrogen-bond acceptors (Lipinski definition) is 1. The van der Waals surface area contributed by atoms with Crippen molar-refractivity contribution < 1.29 is 0 Å². The van der Waals surface area contributed by atoms with E-state index < -0.39 is 0 Å². The fraction of sp³-hybridized carbons (Fsp3) is 0.375. The lowest BCUT2D eigenvalue weighted by Crippen LogP contribution is -2.03. The zero-order valence-electron chi connectivity index (χ0n) is 6.22. The Morgan fingerprint density at radius 3 is 2.50 bits per heavy atom. The van der Waals surface area contributed by atoms with Gasteiger partial charge in [-0.3, -0.25) is 4.79 Å². The molecule has 0 saturated heterocycles. The first kappa shape index (κ1) is 7.06. The molecule has 1 aromatic heterocycles. The molecule has 0 aliphatic carbocycles. The molecule has 0 aromatic carbocycles. The predicted molar refractivity (Wildman–Crippen MR) is 41.2 cm³/mol. The summed E-state index contributed by atoms with van der Waals surface area (Å²) in [6.07, 6.45) is 1.76. The van der Waals surface area contributed by atoms with E-state index in [9.17, 15) is 4.79 Å². The smallest absolute Gasteiger partial charge is 0.247 e. The van der Waals surface area contributed by atoms with Crippen LogP contribution in [0.25, 0.3) is 0 Å². The van der Waals surface area contributed by atoms with E-state index in [4.69, 9.17) is 0 Å². The average molecular weight is 137 g/mol. The Morgan fingerprint density at radius 2 is 2.10 bits per heavy atom. The molecular weight excluding hydrogens is 126 g/mol. The van der Waals surface area contributed by atoms with Gasteiger partial charge in [0.05, 0.1) is 0 Å². The lowest BCUT2D eigenvalue weighted by molar-refractivity contribution is 0.855. The van der Waals surface area contributed by atoms with Gasteiger partial charge < -0.3 is 4.98 Å². The summed E-state index contributed by atoms with van der Waals surface area (Å²) in [5.74, 6) is 0.483. The summed E-state index contributed by atoms with van der Waals surface area (Å²) >= 11 is 0. The average Bonchev–Trinajstić information content (AvgIpc) is 1.88. The van der Waals surface area contributed by atoms with Crippen molar-refractivity contribution >= 4 is 0 Å². The minimum Gasteiger partial charge on any atom is -0.329 e. The van der Waals surface area contributed by atoms with Crippen LogP contribution in [0.15, 0.2) is 23.1 Å². The molecule has 1 N–H and O–H groups in total. The van der Waals surface area contributed by atoms with Crippen LogP contribution < -0.4 is 5.56 Å². The molecule has 1 aromatic rings. The predicted octanol–water partition coefficient (Wildman–Crippen LogP) is 1.50. The summed E-state index contributed by atoms with van der Waals surface area (Å²) in [6.45, 7) is 4.18. The molecule has 0 bridgehead atoms. The molecule has 54 valence electrons. The minimum atomic E-state index is -0.0376. The number of pyridine rings is 1. The fourth-order valence-corrected chi connectivity index (χ4v) is 0.782. The number of aromatic amines is 1. The Kier molecular flexibility index (Phi) is 1.90. The Hall–Kier alpha value is -1.05. The van der Waals surface area contributed by atoms with E-state index in [1.54, 1.807) is 12.3 Å². The molecule has 0 atom stereocenters. The molecule has 2 nitrogen and oxygen atoms in total. The van der Waals surface area contributed by atoms with Gasteiger partial charge in [-0.2, -0.15) is 0 Å². The lowest BCUT2D eigenvalue weighted by atomic mass is 10.1. The van der Waals surface area contributed by atoms with Crippen LogP contribution in [0.2, 0.25) is 0 Å². The zero-order valence-corrected chi connectivity index (χ0v) is 6.22. The standard InChI is InChI=1S/C8H11NO/c1-6(2)7-3-4-8(10)9-5-7/h3-6H,1-2H3,(H,9,10). The summed E-state index contributed by atoms with van der Waals surface area (Å²) in [6, 6.07) is 3.40. The number of aromatic nitrogens is 1. The van der Waals surface area contributed by atoms with Gasteiger partial charge in [-0.05, 0) is 11.5 Å². The van der Waals surface area contributed by atoms with Gasteiger partial charge in [0, 0.05) is 12.3 Å². The monoisotopic (exact) mass is 137 g/mol. The molecule has 0 fully saturated rings. The van der Waals surface area contributed by atoms with E-state index in [0.29, 0.717) is 5.92 Å². The Bertz CT molecular complexity index is 242. The molecule has 0 aliphatic rings. The second kappa shape index (κ2) is 2.69. The van der Waals surface area contributed by atoms with Crippen LogP contribution in [0.1, 0.15) is 25.3 Å². The zero-order chi connectivity index (χ0) is 7.56. The fourth-order valence-electron chi connectivity index (χ4n) is 0.782. The van der Waals surface area contributed by atoms with Crippen LogP contribution in [-0.4, -0.2) is 4.98 Å². The molecule has 10 heavy (non-hydrogen) atoms. The third-order valence-electron chi connectivity index (χ3n) is 1.47. The molecule has 1 rings (SSSR count). The maximum Gasteiger partial charge on any atom is 0.247 e. The van der Waals surface area contributed by atoms with Crippen molar-refractivity contribution in [3.05, 3.63) is 34.2 Å². The first-order valence-corrected chi connectivity index (χ1v) is 3.39. The number of nitrogens with one attached hydrogen (secondary N) is 1. The Labute approximate surface area is 59.9 Å². The van der Waals surface area contributed by atoms with Crippen molar-refractivity contribution in [2.75, 3.05) is 0 Å². The molecular formula is C8H11NO. The lowest BCUT2D eigenvalue weighted by Gasteiger charge is -2.01. The Balaban J connectivity index is 3.00. The molecule has 0 spiro atoms. The van der Waals surface area contributed by atoms with Crippen LogP contribution >= 0.6 is 0 Å². The maximum absolute atomic E-state index is 10.6. The normalized spacial score (nSPS) is 10.3. The van der Waals surface area contributed by atoms with E-state index in [1.165, 1.54) is 5.56 Å². The van der Waals surface area contributed by atoms with Crippen molar-refractivity contribution in [1.29, 1.82) is 0 Å². The van der Waals surface area contributed by atoms with Crippen molar-refractivity contribution in [2.24, 2.45) is 0 Å². The molecule has 0 saturated carbocycles. The summed E-state index contributed by atoms with van der Waals surface area (Å²) in [5.41, 5.74) is 1.13. The molecule has 0 aliphatic heterocycles. The van der Waals surface area contributed by atoms with Gasteiger partial charge in [0.1, 0.15) is 0 Å². The largest absolute Gasteiger partial charge is 0.329 e. The SMILES string of the molecule is CC(C)c1ccc(=O)[nH]c1. The summed E-state index contributed by atoms with van der Waals surface area (Å²) in [7, 11) is 0. The second-order valence-electron chi connectivity index (χ2n) is 2.64. The van der Waals surface area contributed by atoms with Gasteiger partial charge in [0.15, 0.2) is 0 Å². The molecule has 0 unspecified atom stereocenters. The highest BCUT2D eigenvalue weighted by atomic mass is 16.1. The minimum absolute atomic E-state index is 0.0376. The van der Waals surface area contributed by atoms with Crippen LogP contribution in [0.4, 0.5) is 0 Å². The topological polar surface area (TPSA) is 32.9 Å². The van der Waals surface area contributed by atoms with Crippen LogP contribution in [0.3, 0.4) is 0 Å². The van der Waals surface area contributed by atoms with Gasteiger partial charge in [-0.1, -0.05) is 19.9 Å². The highest BCUT2D eigenvalue weighted by Crippen LogP contribution is 2.09. The quantitative estimate of drug-likeness (QED) is 0.625. The highest BCUT2D eigenvalue weighted by Gasteiger charge is 1.95. The highest BCUT2D eigenvalue weighted by molar-refractivity contribution is 5.12. The van der Waals surface area contributed by atoms with Crippen molar-refractivity contribution in [3.8, 4) is 0 Å². The van der Waals surface area contributed by atoms with Gasteiger partial charge in [0.2, 0.25) is 5.56 Å². The molecule has 2 heteroatoms. The van der Waals surface area contributed by atoms with Crippen molar-refractivity contribution in [3.63, 3.8) is 0 Å². The molecule has 0 amide bonds. The van der Waals surface area contributed by atoms with Crippen LogP contribution in [-0.2, 0) is 0 Å². The van der Waals surface area contributed by atoms with Crippen LogP contribution in [0.5, 0.6) is 0 Å². The third-order valence-corrected chi connectivity index (χ3v) is 1.47. The van der Waals surface area contributed by atoms with Crippen LogP contribution in [0, 0.1) is 0 Å².